The molecule has 0 unspecified atom stereocenters. The van der Waals surface area contributed by atoms with Crippen LogP contribution in [0.2, 0.25) is 0 Å². The van der Waals surface area contributed by atoms with Gasteiger partial charge in [-0.2, -0.15) is 11.3 Å². The minimum absolute atomic E-state index is 0.951. The normalized spacial score (nSPS) is 20.1. The smallest absolute Gasteiger partial charge is 0.00221 e. The number of nitrogens with zero attached hydrogens (tertiary/aromatic N) is 1. The molecule has 1 nitrogen and oxygen atoms in total. The first kappa shape index (κ1) is 10.2. The van der Waals surface area contributed by atoms with Crippen molar-refractivity contribution in [3.63, 3.8) is 0 Å². The van der Waals surface area contributed by atoms with Crippen LogP contribution in [0.25, 0.3) is 0 Å². The predicted molar refractivity (Wildman–Crippen MR) is 62.9 cm³/mol. The van der Waals surface area contributed by atoms with Gasteiger partial charge in [0.25, 0.3) is 0 Å². The van der Waals surface area contributed by atoms with Crippen LogP contribution >= 0.6 is 11.3 Å². The molecule has 0 aromatic carbocycles. The third kappa shape index (κ3) is 2.82. The SMILES string of the molecule is CC1CCN(CCc2ccsc2)CC1. The van der Waals surface area contributed by atoms with Crippen molar-refractivity contribution in [2.75, 3.05) is 19.6 Å². The lowest BCUT2D eigenvalue weighted by molar-refractivity contribution is 0.194. The van der Waals surface area contributed by atoms with Gasteiger partial charge in [-0.15, -0.1) is 0 Å². The van der Waals surface area contributed by atoms with Gasteiger partial charge in [0.05, 0.1) is 0 Å². The van der Waals surface area contributed by atoms with Crippen molar-refractivity contribution in [3.8, 4) is 0 Å². The Balaban J connectivity index is 1.71. The average Bonchev–Trinajstić information content (AvgIpc) is 2.70. The summed E-state index contributed by atoms with van der Waals surface area (Å²) in [6, 6.07) is 2.25. The summed E-state index contributed by atoms with van der Waals surface area (Å²) >= 11 is 1.81. The summed E-state index contributed by atoms with van der Waals surface area (Å²) < 4.78 is 0. The van der Waals surface area contributed by atoms with Crippen molar-refractivity contribution in [2.24, 2.45) is 5.92 Å². The molecule has 0 bridgehead atoms. The van der Waals surface area contributed by atoms with Gasteiger partial charge in [0.15, 0.2) is 0 Å². The maximum Gasteiger partial charge on any atom is 0.00221 e. The molecule has 0 saturated carbocycles. The predicted octanol–water partition coefficient (Wildman–Crippen LogP) is 3.02. The maximum atomic E-state index is 2.61. The molecule has 14 heavy (non-hydrogen) atoms. The fourth-order valence-electron chi connectivity index (χ4n) is 2.01. The topological polar surface area (TPSA) is 3.24 Å². The number of piperidine rings is 1. The standard InChI is InChI=1S/C12H19NS/c1-11-2-6-13(7-3-11)8-4-12-5-9-14-10-12/h5,9-11H,2-4,6-8H2,1H3. The Hall–Kier alpha value is -0.340. The summed E-state index contributed by atoms with van der Waals surface area (Å²) in [6.07, 6.45) is 4.02. The summed E-state index contributed by atoms with van der Waals surface area (Å²) in [6.45, 7) is 6.25. The van der Waals surface area contributed by atoms with E-state index in [1.807, 2.05) is 11.3 Å². The molecular weight excluding hydrogens is 190 g/mol. The lowest BCUT2D eigenvalue weighted by Gasteiger charge is -2.29. The minimum Gasteiger partial charge on any atom is -0.303 e. The minimum atomic E-state index is 0.951. The monoisotopic (exact) mass is 209 g/mol. The molecule has 2 heteroatoms. The molecule has 0 radical (unpaired) electrons. The Kier molecular flexibility index (Phi) is 3.60. The van der Waals surface area contributed by atoms with Crippen LogP contribution in [0.15, 0.2) is 16.8 Å². The molecular formula is C12H19NS. The molecule has 0 aliphatic carbocycles. The second-order valence-electron chi connectivity index (χ2n) is 4.41. The number of rotatable bonds is 3. The molecule has 1 aliphatic heterocycles. The van der Waals surface area contributed by atoms with Crippen molar-refractivity contribution in [1.82, 2.24) is 4.90 Å². The number of hydrogen-bond donors (Lipinski definition) is 0. The lowest BCUT2D eigenvalue weighted by atomic mass is 9.99. The van der Waals surface area contributed by atoms with Crippen LogP contribution in [-0.4, -0.2) is 24.5 Å². The van der Waals surface area contributed by atoms with Gasteiger partial charge in [-0.1, -0.05) is 6.92 Å². The highest BCUT2D eigenvalue weighted by Gasteiger charge is 2.14. The number of hydrogen-bond acceptors (Lipinski definition) is 2. The fourth-order valence-corrected chi connectivity index (χ4v) is 2.71. The van der Waals surface area contributed by atoms with Crippen molar-refractivity contribution in [3.05, 3.63) is 22.4 Å². The quantitative estimate of drug-likeness (QED) is 0.739. The van der Waals surface area contributed by atoms with E-state index >= 15 is 0 Å². The molecule has 1 saturated heterocycles. The van der Waals surface area contributed by atoms with Gasteiger partial charge in [-0.25, -0.2) is 0 Å². The van der Waals surface area contributed by atoms with E-state index in [4.69, 9.17) is 0 Å². The highest BCUT2D eigenvalue weighted by atomic mass is 32.1. The van der Waals surface area contributed by atoms with E-state index in [-0.39, 0.29) is 0 Å². The third-order valence-corrected chi connectivity index (χ3v) is 3.91. The van der Waals surface area contributed by atoms with Crippen LogP contribution in [0.1, 0.15) is 25.3 Å². The van der Waals surface area contributed by atoms with Gasteiger partial charge in [0.1, 0.15) is 0 Å². The Morgan fingerprint density at radius 3 is 2.86 bits per heavy atom. The first-order valence-corrected chi connectivity index (χ1v) is 6.52. The van der Waals surface area contributed by atoms with Crippen molar-refractivity contribution >= 4 is 11.3 Å². The van der Waals surface area contributed by atoms with Gasteiger partial charge < -0.3 is 4.90 Å². The first-order chi connectivity index (χ1) is 6.84. The van der Waals surface area contributed by atoms with Crippen molar-refractivity contribution in [2.45, 2.75) is 26.2 Å². The third-order valence-electron chi connectivity index (χ3n) is 3.17. The van der Waals surface area contributed by atoms with E-state index in [0.29, 0.717) is 0 Å². The molecule has 1 aromatic rings. The zero-order valence-corrected chi connectivity index (χ0v) is 9.72. The second kappa shape index (κ2) is 4.94. The Labute approximate surface area is 90.7 Å². The van der Waals surface area contributed by atoms with E-state index in [9.17, 15) is 0 Å². The summed E-state index contributed by atoms with van der Waals surface area (Å²) in [5.74, 6) is 0.951. The van der Waals surface area contributed by atoms with E-state index < -0.39 is 0 Å². The Morgan fingerprint density at radius 2 is 2.21 bits per heavy atom. The molecule has 78 valence electrons. The Morgan fingerprint density at radius 1 is 1.43 bits per heavy atom. The first-order valence-electron chi connectivity index (χ1n) is 5.58. The van der Waals surface area contributed by atoms with Crippen LogP contribution in [0.5, 0.6) is 0 Å². The fraction of sp³-hybridized carbons (Fsp3) is 0.667. The van der Waals surface area contributed by atoms with E-state index in [1.165, 1.54) is 44.5 Å². The molecule has 1 aliphatic rings. The zero-order valence-electron chi connectivity index (χ0n) is 8.91. The van der Waals surface area contributed by atoms with E-state index in [1.54, 1.807) is 0 Å². The summed E-state index contributed by atoms with van der Waals surface area (Å²) in [5.41, 5.74) is 1.51. The molecule has 0 atom stereocenters. The van der Waals surface area contributed by atoms with Crippen LogP contribution in [-0.2, 0) is 6.42 Å². The van der Waals surface area contributed by atoms with E-state index in [2.05, 4.69) is 28.7 Å². The van der Waals surface area contributed by atoms with Gasteiger partial charge in [0, 0.05) is 6.54 Å². The Bertz CT molecular complexity index is 247. The van der Waals surface area contributed by atoms with Crippen molar-refractivity contribution < 1.29 is 0 Å². The largest absolute Gasteiger partial charge is 0.303 e. The summed E-state index contributed by atoms with van der Waals surface area (Å²) in [4.78, 5) is 2.61. The molecule has 0 spiro atoms. The van der Waals surface area contributed by atoms with Gasteiger partial charge in [-0.05, 0) is 60.7 Å². The van der Waals surface area contributed by atoms with E-state index in [0.717, 1.165) is 5.92 Å². The summed E-state index contributed by atoms with van der Waals surface area (Å²) in [5, 5.41) is 4.44. The molecule has 0 N–H and O–H groups in total. The lowest BCUT2D eigenvalue weighted by Crippen LogP contribution is -2.34. The highest BCUT2D eigenvalue weighted by molar-refractivity contribution is 7.07. The number of thiophene rings is 1. The summed E-state index contributed by atoms with van der Waals surface area (Å²) in [7, 11) is 0. The molecule has 2 rings (SSSR count). The highest BCUT2D eigenvalue weighted by Crippen LogP contribution is 2.16. The van der Waals surface area contributed by atoms with Crippen molar-refractivity contribution in [1.29, 1.82) is 0 Å². The molecule has 1 fully saturated rings. The van der Waals surface area contributed by atoms with Gasteiger partial charge >= 0.3 is 0 Å². The van der Waals surface area contributed by atoms with Gasteiger partial charge in [0.2, 0.25) is 0 Å². The maximum absolute atomic E-state index is 2.61. The van der Waals surface area contributed by atoms with Crippen LogP contribution in [0.4, 0.5) is 0 Å². The second-order valence-corrected chi connectivity index (χ2v) is 5.19. The zero-order chi connectivity index (χ0) is 9.80. The van der Waals surface area contributed by atoms with Gasteiger partial charge in [-0.3, -0.25) is 0 Å². The van der Waals surface area contributed by atoms with Crippen LogP contribution < -0.4 is 0 Å². The van der Waals surface area contributed by atoms with Crippen LogP contribution in [0, 0.1) is 5.92 Å². The molecule has 1 aromatic heterocycles. The number of likely N-dealkylation sites (tertiary alicyclic amines) is 1. The molecule has 2 heterocycles. The van der Waals surface area contributed by atoms with Crippen LogP contribution in [0.3, 0.4) is 0 Å². The molecule has 0 amide bonds. The average molecular weight is 209 g/mol.